The Balaban J connectivity index is 2.20. The number of rotatable bonds is 4. The van der Waals surface area contributed by atoms with E-state index in [1.165, 1.54) is 16.7 Å². The Bertz CT molecular complexity index is 434. The summed E-state index contributed by atoms with van der Waals surface area (Å²) in [5.74, 6) is 0.374. The fourth-order valence-corrected chi connectivity index (χ4v) is 2.06. The summed E-state index contributed by atoms with van der Waals surface area (Å²) in [7, 11) is 0. The van der Waals surface area contributed by atoms with Crippen LogP contribution < -0.4 is 5.73 Å². The molecule has 16 heavy (non-hydrogen) atoms. The van der Waals surface area contributed by atoms with Crippen molar-refractivity contribution in [1.29, 1.82) is 0 Å². The Hall–Kier alpha value is -1.54. The zero-order chi connectivity index (χ0) is 11.4. The minimum atomic E-state index is 0.374. The summed E-state index contributed by atoms with van der Waals surface area (Å²) >= 11 is 0. The van der Waals surface area contributed by atoms with Gasteiger partial charge in [0.25, 0.3) is 0 Å². The van der Waals surface area contributed by atoms with Gasteiger partial charge in [0.05, 0.1) is 12.5 Å². The Kier molecular flexibility index (Phi) is 3.42. The van der Waals surface area contributed by atoms with Gasteiger partial charge >= 0.3 is 0 Å². The molecule has 0 amide bonds. The third kappa shape index (κ3) is 2.34. The van der Waals surface area contributed by atoms with Crippen molar-refractivity contribution in [3.8, 4) is 0 Å². The number of hydrogen-bond donors (Lipinski definition) is 1. The van der Waals surface area contributed by atoms with Crippen molar-refractivity contribution in [2.24, 2.45) is 5.73 Å². The molecule has 1 heterocycles. The predicted molar refractivity (Wildman–Crippen MR) is 65.4 cm³/mol. The molecule has 2 aromatic rings. The molecule has 0 spiro atoms. The van der Waals surface area contributed by atoms with Crippen molar-refractivity contribution in [3.05, 3.63) is 59.5 Å². The van der Waals surface area contributed by atoms with Gasteiger partial charge in [-0.15, -0.1) is 0 Å². The van der Waals surface area contributed by atoms with Gasteiger partial charge in [0.1, 0.15) is 0 Å². The third-order valence-corrected chi connectivity index (χ3v) is 2.98. The van der Waals surface area contributed by atoms with E-state index in [-0.39, 0.29) is 0 Å². The van der Waals surface area contributed by atoms with E-state index >= 15 is 0 Å². The second kappa shape index (κ2) is 4.99. The Morgan fingerprint density at radius 3 is 2.69 bits per heavy atom. The molecule has 0 aliphatic heterocycles. The third-order valence-electron chi connectivity index (χ3n) is 2.98. The summed E-state index contributed by atoms with van der Waals surface area (Å²) in [6.07, 6.45) is 4.44. The number of furan rings is 1. The van der Waals surface area contributed by atoms with E-state index in [2.05, 4.69) is 31.2 Å². The summed E-state index contributed by atoms with van der Waals surface area (Å²) in [6.45, 7) is 2.80. The number of aryl methyl sites for hydroxylation is 1. The summed E-state index contributed by atoms with van der Waals surface area (Å²) in [4.78, 5) is 0. The van der Waals surface area contributed by atoms with Gasteiger partial charge in [-0.25, -0.2) is 0 Å². The second-order valence-corrected chi connectivity index (χ2v) is 4.12. The van der Waals surface area contributed by atoms with Crippen LogP contribution in [-0.2, 0) is 6.42 Å². The standard InChI is InChI=1S/C14H17NO/c1-11-4-2-3-5-14(11)13(9-15)8-12-6-7-16-10-12/h2-7,10,13H,8-9,15H2,1H3. The van der Waals surface area contributed by atoms with E-state index in [4.69, 9.17) is 10.2 Å². The lowest BCUT2D eigenvalue weighted by Gasteiger charge is -2.16. The van der Waals surface area contributed by atoms with Gasteiger partial charge in [-0.2, -0.15) is 0 Å². The summed E-state index contributed by atoms with van der Waals surface area (Å²) < 4.78 is 5.09. The van der Waals surface area contributed by atoms with Crippen LogP contribution in [0.15, 0.2) is 47.3 Å². The van der Waals surface area contributed by atoms with Gasteiger partial charge in [-0.3, -0.25) is 0 Å². The van der Waals surface area contributed by atoms with Crippen LogP contribution in [-0.4, -0.2) is 6.54 Å². The lowest BCUT2D eigenvalue weighted by atomic mass is 9.90. The van der Waals surface area contributed by atoms with Crippen molar-refractivity contribution < 1.29 is 4.42 Å². The van der Waals surface area contributed by atoms with E-state index in [9.17, 15) is 0 Å². The molecule has 1 atom stereocenters. The number of benzene rings is 1. The molecule has 0 fully saturated rings. The van der Waals surface area contributed by atoms with E-state index in [1.807, 2.05) is 6.07 Å². The molecule has 0 saturated heterocycles. The highest BCUT2D eigenvalue weighted by Crippen LogP contribution is 2.23. The van der Waals surface area contributed by atoms with Crippen LogP contribution in [0.25, 0.3) is 0 Å². The minimum absolute atomic E-state index is 0.374. The van der Waals surface area contributed by atoms with Crippen LogP contribution in [0.1, 0.15) is 22.6 Å². The first-order valence-electron chi connectivity index (χ1n) is 5.58. The van der Waals surface area contributed by atoms with Crippen molar-refractivity contribution in [2.45, 2.75) is 19.3 Å². The van der Waals surface area contributed by atoms with E-state index in [1.54, 1.807) is 12.5 Å². The molecular formula is C14H17NO. The molecule has 1 unspecified atom stereocenters. The maximum absolute atomic E-state index is 5.86. The predicted octanol–water partition coefficient (Wildman–Crippen LogP) is 2.87. The van der Waals surface area contributed by atoms with E-state index in [0.717, 1.165) is 6.42 Å². The SMILES string of the molecule is Cc1ccccc1C(CN)Cc1ccoc1. The van der Waals surface area contributed by atoms with Gasteiger partial charge < -0.3 is 10.2 Å². The Morgan fingerprint density at radius 2 is 2.06 bits per heavy atom. The first-order valence-corrected chi connectivity index (χ1v) is 5.58. The topological polar surface area (TPSA) is 39.2 Å². The molecule has 0 aliphatic rings. The Morgan fingerprint density at radius 1 is 1.25 bits per heavy atom. The summed E-state index contributed by atoms with van der Waals surface area (Å²) in [6, 6.07) is 10.4. The maximum atomic E-state index is 5.86. The fraction of sp³-hybridized carbons (Fsp3) is 0.286. The molecule has 0 radical (unpaired) electrons. The molecule has 0 aliphatic carbocycles. The molecule has 0 bridgehead atoms. The largest absolute Gasteiger partial charge is 0.472 e. The average molecular weight is 215 g/mol. The molecule has 0 saturated carbocycles. The van der Waals surface area contributed by atoms with Gasteiger partial charge in [-0.1, -0.05) is 24.3 Å². The summed E-state index contributed by atoms with van der Waals surface area (Å²) in [5.41, 5.74) is 9.71. The van der Waals surface area contributed by atoms with Crippen LogP contribution in [0.5, 0.6) is 0 Å². The first-order chi connectivity index (χ1) is 7.81. The van der Waals surface area contributed by atoms with Gasteiger partial charge in [0.2, 0.25) is 0 Å². The lowest BCUT2D eigenvalue weighted by Crippen LogP contribution is -2.15. The highest BCUT2D eigenvalue weighted by Gasteiger charge is 2.12. The molecular weight excluding hydrogens is 198 g/mol. The average Bonchev–Trinajstić information content (AvgIpc) is 2.80. The molecule has 1 aromatic carbocycles. The lowest BCUT2D eigenvalue weighted by molar-refractivity contribution is 0.560. The highest BCUT2D eigenvalue weighted by molar-refractivity contribution is 5.30. The van der Waals surface area contributed by atoms with Crippen LogP contribution >= 0.6 is 0 Å². The van der Waals surface area contributed by atoms with Crippen molar-refractivity contribution in [1.82, 2.24) is 0 Å². The second-order valence-electron chi connectivity index (χ2n) is 4.12. The number of nitrogens with two attached hydrogens (primary N) is 1. The Labute approximate surface area is 96.1 Å². The monoisotopic (exact) mass is 215 g/mol. The van der Waals surface area contributed by atoms with E-state index < -0.39 is 0 Å². The van der Waals surface area contributed by atoms with Crippen LogP contribution in [0, 0.1) is 6.92 Å². The molecule has 2 heteroatoms. The molecule has 84 valence electrons. The van der Waals surface area contributed by atoms with E-state index in [0.29, 0.717) is 12.5 Å². The van der Waals surface area contributed by atoms with Crippen LogP contribution in [0.3, 0.4) is 0 Å². The fourth-order valence-electron chi connectivity index (χ4n) is 2.06. The smallest absolute Gasteiger partial charge is 0.0934 e. The van der Waals surface area contributed by atoms with Gasteiger partial charge in [0.15, 0.2) is 0 Å². The van der Waals surface area contributed by atoms with Crippen molar-refractivity contribution in [2.75, 3.05) is 6.54 Å². The highest BCUT2D eigenvalue weighted by atomic mass is 16.3. The quantitative estimate of drug-likeness (QED) is 0.851. The minimum Gasteiger partial charge on any atom is -0.472 e. The van der Waals surface area contributed by atoms with Crippen molar-refractivity contribution in [3.63, 3.8) is 0 Å². The molecule has 2 rings (SSSR count). The molecule has 2 N–H and O–H groups in total. The maximum Gasteiger partial charge on any atom is 0.0934 e. The van der Waals surface area contributed by atoms with Gasteiger partial charge in [0, 0.05) is 5.92 Å². The van der Waals surface area contributed by atoms with Gasteiger partial charge in [-0.05, 0) is 42.6 Å². The zero-order valence-electron chi connectivity index (χ0n) is 9.52. The zero-order valence-corrected chi connectivity index (χ0v) is 9.52. The first kappa shape index (κ1) is 11.0. The molecule has 2 nitrogen and oxygen atoms in total. The van der Waals surface area contributed by atoms with Crippen molar-refractivity contribution >= 4 is 0 Å². The molecule has 1 aromatic heterocycles. The van der Waals surface area contributed by atoms with Crippen LogP contribution in [0.2, 0.25) is 0 Å². The normalized spacial score (nSPS) is 12.6. The summed E-state index contributed by atoms with van der Waals surface area (Å²) in [5, 5.41) is 0. The number of hydrogen-bond acceptors (Lipinski definition) is 2. The van der Waals surface area contributed by atoms with Crippen LogP contribution in [0.4, 0.5) is 0 Å².